The number of rotatable bonds is 5. The van der Waals surface area contributed by atoms with Crippen molar-refractivity contribution in [2.45, 2.75) is 37.6 Å². The van der Waals surface area contributed by atoms with Crippen LogP contribution < -0.4 is 10.1 Å². The fourth-order valence-corrected chi connectivity index (χ4v) is 3.53. The Balaban J connectivity index is 1.77. The molecule has 0 bridgehead atoms. The summed E-state index contributed by atoms with van der Waals surface area (Å²) in [6.07, 6.45) is -5.15. The van der Waals surface area contributed by atoms with E-state index in [-0.39, 0.29) is 5.88 Å². The van der Waals surface area contributed by atoms with Gasteiger partial charge in [0.2, 0.25) is 18.1 Å². The molecule has 5 atom stereocenters. The summed E-state index contributed by atoms with van der Waals surface area (Å²) in [5.41, 5.74) is 2.45. The van der Waals surface area contributed by atoms with Crippen LogP contribution in [0.5, 0.6) is 5.88 Å². The van der Waals surface area contributed by atoms with Gasteiger partial charge in [0.1, 0.15) is 30.0 Å². The zero-order chi connectivity index (χ0) is 22.0. The van der Waals surface area contributed by atoms with E-state index in [1.54, 1.807) is 6.07 Å². The van der Waals surface area contributed by atoms with E-state index >= 15 is 0 Å². The lowest BCUT2D eigenvalue weighted by Gasteiger charge is -2.41. The van der Waals surface area contributed by atoms with Crippen molar-refractivity contribution in [1.29, 1.82) is 0 Å². The zero-order valence-electron chi connectivity index (χ0n) is 16.8. The van der Waals surface area contributed by atoms with Gasteiger partial charge in [-0.25, -0.2) is 9.97 Å². The molecule has 31 heavy (non-hydrogen) atoms. The molecule has 2 aromatic carbocycles. The minimum Gasteiger partial charge on any atom is -0.444 e. The molecule has 1 aliphatic heterocycles. The van der Waals surface area contributed by atoms with Crippen LogP contribution in [0.15, 0.2) is 54.6 Å². The molecule has 4 N–H and O–H groups in total. The summed E-state index contributed by atoms with van der Waals surface area (Å²) in [6.45, 7) is 0.735. The predicted molar refractivity (Wildman–Crippen MR) is 111 cm³/mol. The molecule has 4 rings (SSSR count). The summed E-state index contributed by atoms with van der Waals surface area (Å²) in [6, 6.07) is 15.5. The molecule has 2 heterocycles. The molecule has 162 valence electrons. The van der Waals surface area contributed by atoms with E-state index in [9.17, 15) is 20.1 Å². The Kier molecular flexibility index (Phi) is 6.10. The number of aromatic nitrogens is 2. The Morgan fingerprint density at radius 2 is 1.68 bits per heavy atom. The van der Waals surface area contributed by atoms with Gasteiger partial charge in [-0.3, -0.25) is 4.79 Å². The van der Waals surface area contributed by atoms with Gasteiger partial charge in [0.05, 0.1) is 17.6 Å². The van der Waals surface area contributed by atoms with Crippen molar-refractivity contribution >= 4 is 16.9 Å². The number of nitrogens with one attached hydrogen (secondary N) is 1. The molecule has 1 aromatic heterocycles. The molecule has 0 saturated carbocycles. The van der Waals surface area contributed by atoms with Gasteiger partial charge in [0.25, 0.3) is 0 Å². The Labute approximate surface area is 178 Å². The topological polar surface area (TPSA) is 134 Å². The third kappa shape index (κ3) is 4.35. The lowest BCUT2D eigenvalue weighted by Crippen LogP contribution is -2.65. The highest BCUT2D eigenvalue weighted by Crippen LogP contribution is 2.31. The van der Waals surface area contributed by atoms with Gasteiger partial charge in [-0.2, -0.15) is 0 Å². The number of benzene rings is 2. The monoisotopic (exact) mass is 425 g/mol. The lowest BCUT2D eigenvalue weighted by molar-refractivity contribution is -0.245. The minimum absolute atomic E-state index is 0.130. The first-order chi connectivity index (χ1) is 15.0. The number of nitrogens with zero attached hydrogens (tertiary/aromatic N) is 2. The van der Waals surface area contributed by atoms with E-state index in [0.717, 1.165) is 5.56 Å². The summed E-state index contributed by atoms with van der Waals surface area (Å²) in [4.78, 5) is 20.9. The van der Waals surface area contributed by atoms with E-state index in [2.05, 4.69) is 15.3 Å². The molecule has 1 amide bonds. The molecule has 0 radical (unpaired) electrons. The van der Waals surface area contributed by atoms with Gasteiger partial charge in [-0.15, -0.1) is 0 Å². The molecule has 3 aromatic rings. The number of para-hydroxylation sites is 2. The van der Waals surface area contributed by atoms with Crippen LogP contribution in [-0.4, -0.2) is 68.4 Å². The van der Waals surface area contributed by atoms with Crippen LogP contribution in [0.1, 0.15) is 6.92 Å². The van der Waals surface area contributed by atoms with Crippen LogP contribution in [0.3, 0.4) is 0 Å². The lowest BCUT2D eigenvalue weighted by atomic mass is 9.97. The van der Waals surface area contributed by atoms with Crippen molar-refractivity contribution in [3.8, 4) is 17.1 Å². The summed E-state index contributed by atoms with van der Waals surface area (Å²) in [5.74, 6) is -0.311. The number of hydrogen-bond donors (Lipinski definition) is 4. The normalized spacial score (nSPS) is 25.9. The van der Waals surface area contributed by atoms with Gasteiger partial charge < -0.3 is 30.1 Å². The van der Waals surface area contributed by atoms with Gasteiger partial charge in [-0.05, 0) is 12.1 Å². The number of aliphatic hydroxyl groups excluding tert-OH is 3. The summed E-state index contributed by atoms with van der Waals surface area (Å²) >= 11 is 0. The Hall–Kier alpha value is -3.11. The summed E-state index contributed by atoms with van der Waals surface area (Å²) in [5, 5.41) is 32.8. The van der Waals surface area contributed by atoms with Crippen LogP contribution in [0.25, 0.3) is 22.3 Å². The molecule has 9 heteroatoms. The zero-order valence-corrected chi connectivity index (χ0v) is 16.8. The van der Waals surface area contributed by atoms with Crippen molar-refractivity contribution in [1.82, 2.24) is 15.3 Å². The highest BCUT2D eigenvalue weighted by atomic mass is 16.7. The molecule has 9 nitrogen and oxygen atoms in total. The van der Waals surface area contributed by atoms with Gasteiger partial charge in [-0.1, -0.05) is 42.5 Å². The third-order valence-corrected chi connectivity index (χ3v) is 5.06. The smallest absolute Gasteiger partial charge is 0.243 e. The number of amides is 1. The van der Waals surface area contributed by atoms with Crippen molar-refractivity contribution in [2.24, 2.45) is 0 Å². The molecule has 1 aliphatic rings. The van der Waals surface area contributed by atoms with Gasteiger partial charge in [0, 0.05) is 12.5 Å². The van der Waals surface area contributed by atoms with Crippen LogP contribution in [0.2, 0.25) is 0 Å². The number of fused-ring (bicyclic) bond motifs is 1. The maximum atomic E-state index is 11.7. The van der Waals surface area contributed by atoms with Gasteiger partial charge >= 0.3 is 0 Å². The number of ether oxygens (including phenoxy) is 2. The Bertz CT molecular complexity index is 1060. The first-order valence-electron chi connectivity index (χ1n) is 9.86. The fourth-order valence-electron chi connectivity index (χ4n) is 3.53. The first kappa shape index (κ1) is 21.1. The molecule has 1 saturated heterocycles. The van der Waals surface area contributed by atoms with E-state index in [1.807, 2.05) is 48.5 Å². The average Bonchev–Trinajstić information content (AvgIpc) is 2.78. The van der Waals surface area contributed by atoms with Crippen LogP contribution in [-0.2, 0) is 9.53 Å². The van der Waals surface area contributed by atoms with Crippen molar-refractivity contribution in [2.75, 3.05) is 6.61 Å². The second kappa shape index (κ2) is 8.94. The average molecular weight is 425 g/mol. The molecular formula is C22H23N3O6. The van der Waals surface area contributed by atoms with E-state index in [1.165, 1.54) is 6.92 Å². The molecule has 1 fully saturated rings. The van der Waals surface area contributed by atoms with Crippen LogP contribution >= 0.6 is 0 Å². The Morgan fingerprint density at radius 3 is 2.32 bits per heavy atom. The molecular weight excluding hydrogens is 402 g/mol. The minimum atomic E-state index is -1.42. The molecule has 0 aliphatic carbocycles. The van der Waals surface area contributed by atoms with Crippen molar-refractivity contribution in [3.63, 3.8) is 0 Å². The first-order valence-corrected chi connectivity index (χ1v) is 9.86. The van der Waals surface area contributed by atoms with Crippen molar-refractivity contribution < 1.29 is 29.6 Å². The number of hydrogen-bond acceptors (Lipinski definition) is 8. The summed E-state index contributed by atoms with van der Waals surface area (Å²) < 4.78 is 11.7. The number of aliphatic hydroxyl groups is 3. The standard InChI is InChI=1S/C22H23N3O6/c1-12(27)23-18-20(29)19(28)16(11-26)30-22(18)31-21-17(13-7-3-2-4-8-13)24-14-9-5-6-10-15(14)25-21/h2-10,16,18-20,22,26,28-29H,11H2,1H3,(H,23,27)/t16-,18-,19-,20-,22+/m1/s1. The SMILES string of the molecule is CC(=O)N[C@H]1[C@H](Oc2nc3ccccc3nc2-c2ccccc2)O[C@H](CO)[C@@H](O)[C@@H]1O. The fraction of sp³-hybridized carbons (Fsp3) is 0.318. The molecule has 0 unspecified atom stereocenters. The van der Waals surface area contributed by atoms with E-state index < -0.39 is 43.2 Å². The van der Waals surface area contributed by atoms with E-state index in [0.29, 0.717) is 16.7 Å². The summed E-state index contributed by atoms with van der Waals surface area (Å²) in [7, 11) is 0. The number of carbonyl (C=O) groups excluding carboxylic acids is 1. The predicted octanol–water partition coefficient (Wildman–Crippen LogP) is 0.619. The highest BCUT2D eigenvalue weighted by Gasteiger charge is 2.46. The van der Waals surface area contributed by atoms with Crippen LogP contribution in [0.4, 0.5) is 0 Å². The largest absolute Gasteiger partial charge is 0.444 e. The Morgan fingerprint density at radius 1 is 1.03 bits per heavy atom. The highest BCUT2D eigenvalue weighted by molar-refractivity contribution is 5.79. The molecule has 0 spiro atoms. The second-order valence-electron chi connectivity index (χ2n) is 7.28. The van der Waals surface area contributed by atoms with E-state index in [4.69, 9.17) is 9.47 Å². The van der Waals surface area contributed by atoms with Gasteiger partial charge in [0.15, 0.2) is 0 Å². The third-order valence-electron chi connectivity index (χ3n) is 5.06. The number of carbonyl (C=O) groups is 1. The quantitative estimate of drug-likeness (QED) is 0.467. The van der Waals surface area contributed by atoms with Crippen LogP contribution in [0, 0.1) is 0 Å². The maximum absolute atomic E-state index is 11.7. The second-order valence-corrected chi connectivity index (χ2v) is 7.28. The van der Waals surface area contributed by atoms with Crippen molar-refractivity contribution in [3.05, 3.63) is 54.6 Å². The maximum Gasteiger partial charge on any atom is 0.243 e.